The van der Waals surface area contributed by atoms with Gasteiger partial charge in [0, 0.05) is 0 Å². The van der Waals surface area contributed by atoms with Crippen LogP contribution in [0.15, 0.2) is 42.5 Å². The average Bonchev–Trinajstić information content (AvgIpc) is 2.25. The Morgan fingerprint density at radius 2 is 1.38 bits per heavy atom. The Labute approximate surface area is 116 Å². The van der Waals surface area contributed by atoms with Crippen molar-refractivity contribution in [3.05, 3.63) is 57.5 Å². The van der Waals surface area contributed by atoms with Gasteiger partial charge in [-0.25, -0.2) is 0 Å². The predicted molar refractivity (Wildman–Crippen MR) is 72.9 cm³/mol. The molecule has 0 fully saturated rings. The monoisotopic (exact) mass is 336 g/mol. The summed E-state index contributed by atoms with van der Waals surface area (Å²) in [4.78, 5) is 0. The van der Waals surface area contributed by atoms with Gasteiger partial charge in [0.2, 0.25) is 0 Å². The molecule has 82 valence electrons. The van der Waals surface area contributed by atoms with Gasteiger partial charge in [0.1, 0.15) is 0 Å². The van der Waals surface area contributed by atoms with E-state index in [9.17, 15) is 0 Å². The summed E-state index contributed by atoms with van der Waals surface area (Å²) >= 11 is 18.0. The first-order chi connectivity index (χ1) is 7.65. The Morgan fingerprint density at radius 3 is 2.00 bits per heavy atom. The van der Waals surface area contributed by atoms with Crippen molar-refractivity contribution in [2.45, 2.75) is 0 Å². The quantitative estimate of drug-likeness (QED) is 0.738. The Bertz CT molecular complexity index is 494. The van der Waals surface area contributed by atoms with E-state index in [4.69, 9.17) is 34.8 Å². The van der Waals surface area contributed by atoms with Gasteiger partial charge in [-0.15, -0.1) is 0 Å². The Hall–Kier alpha value is -0.171. The molecule has 0 aromatic heterocycles. The molecule has 0 bridgehead atoms. The van der Waals surface area contributed by atoms with Crippen molar-refractivity contribution in [3.8, 4) is 0 Å². The van der Waals surface area contributed by atoms with Crippen LogP contribution in [0.3, 0.4) is 0 Å². The molecule has 0 spiro atoms. The van der Waals surface area contributed by atoms with Crippen LogP contribution >= 0.6 is 34.8 Å². The summed E-state index contributed by atoms with van der Waals surface area (Å²) in [5.74, 6) is 0. The van der Waals surface area contributed by atoms with Gasteiger partial charge in [-0.2, -0.15) is 0 Å². The number of hydrogen-bond acceptors (Lipinski definition) is 0. The minimum absolute atomic E-state index is 0.187. The molecule has 0 saturated heterocycles. The number of halogens is 3. The molecule has 0 amide bonds. The molecule has 16 heavy (non-hydrogen) atoms. The summed E-state index contributed by atoms with van der Waals surface area (Å²) in [6, 6.07) is 13.4. The van der Waals surface area contributed by atoms with E-state index in [0.717, 1.165) is 14.5 Å². The van der Waals surface area contributed by atoms with E-state index in [0.29, 0.717) is 5.02 Å². The van der Waals surface area contributed by atoms with Crippen LogP contribution in [0.5, 0.6) is 0 Å². The zero-order valence-electron chi connectivity index (χ0n) is 8.08. The van der Waals surface area contributed by atoms with Gasteiger partial charge >= 0.3 is 116 Å². The summed E-state index contributed by atoms with van der Waals surface area (Å²) in [5.41, 5.74) is 0. The molecular weight excluding hydrogens is 329 g/mol. The zero-order valence-corrected chi connectivity index (χ0v) is 12.1. The van der Waals surface area contributed by atoms with Crippen molar-refractivity contribution in [2.24, 2.45) is 0 Å². The van der Waals surface area contributed by atoms with Gasteiger partial charge in [-0.3, -0.25) is 0 Å². The molecule has 0 atom stereocenters. The van der Waals surface area contributed by atoms with E-state index >= 15 is 0 Å². The Balaban J connectivity index is 2.23. The first-order valence-corrected chi connectivity index (χ1v) is 7.38. The molecule has 0 saturated carbocycles. The standard InChI is InChI=1S/C12H7Cl3Se/c13-8-1-4-10(5-2-8)16-12-6-3-9(14)7-11(12)15/h1-7H. The van der Waals surface area contributed by atoms with Crippen molar-refractivity contribution in [3.63, 3.8) is 0 Å². The molecule has 0 nitrogen and oxygen atoms in total. The number of rotatable bonds is 2. The van der Waals surface area contributed by atoms with E-state index < -0.39 is 0 Å². The second-order valence-corrected chi connectivity index (χ2v) is 6.75. The molecule has 0 aliphatic rings. The summed E-state index contributed by atoms with van der Waals surface area (Å²) in [6.45, 7) is 0. The maximum atomic E-state index is 6.12. The first-order valence-electron chi connectivity index (χ1n) is 4.53. The summed E-state index contributed by atoms with van der Waals surface area (Å²) in [6.07, 6.45) is 0. The summed E-state index contributed by atoms with van der Waals surface area (Å²) < 4.78 is 2.36. The minimum atomic E-state index is 0.187. The normalized spacial score (nSPS) is 10.4. The number of benzene rings is 2. The van der Waals surface area contributed by atoms with E-state index in [1.807, 2.05) is 36.4 Å². The van der Waals surface area contributed by atoms with Crippen LogP contribution < -0.4 is 8.92 Å². The van der Waals surface area contributed by atoms with Crippen molar-refractivity contribution < 1.29 is 0 Å². The van der Waals surface area contributed by atoms with Crippen LogP contribution in [-0.2, 0) is 0 Å². The SMILES string of the molecule is Clc1ccc([Se]c2ccc(Cl)cc2Cl)cc1. The van der Waals surface area contributed by atoms with Gasteiger partial charge in [0.25, 0.3) is 0 Å². The Kier molecular flexibility index (Phi) is 4.18. The van der Waals surface area contributed by atoms with Gasteiger partial charge in [-0.05, 0) is 0 Å². The van der Waals surface area contributed by atoms with Crippen LogP contribution in [0.2, 0.25) is 15.1 Å². The second kappa shape index (κ2) is 5.44. The van der Waals surface area contributed by atoms with E-state index in [2.05, 4.69) is 0 Å². The van der Waals surface area contributed by atoms with E-state index in [-0.39, 0.29) is 15.0 Å². The van der Waals surface area contributed by atoms with Crippen molar-refractivity contribution >= 4 is 58.7 Å². The second-order valence-electron chi connectivity index (χ2n) is 3.13. The summed E-state index contributed by atoms with van der Waals surface area (Å²) in [5, 5.41) is 2.14. The fourth-order valence-corrected chi connectivity index (χ4v) is 3.64. The third kappa shape index (κ3) is 3.16. The van der Waals surface area contributed by atoms with Crippen LogP contribution in [0.1, 0.15) is 0 Å². The van der Waals surface area contributed by atoms with Crippen LogP contribution in [-0.4, -0.2) is 15.0 Å². The molecule has 4 heteroatoms. The Morgan fingerprint density at radius 1 is 0.750 bits per heavy atom. The molecule has 2 rings (SSSR count). The van der Waals surface area contributed by atoms with Crippen LogP contribution in [0.4, 0.5) is 0 Å². The number of hydrogen-bond donors (Lipinski definition) is 0. The molecule has 0 unspecified atom stereocenters. The maximum absolute atomic E-state index is 6.12. The molecule has 0 aliphatic carbocycles. The molecule has 2 aromatic carbocycles. The van der Waals surface area contributed by atoms with E-state index in [1.54, 1.807) is 6.07 Å². The molecule has 2 aromatic rings. The van der Waals surface area contributed by atoms with Crippen molar-refractivity contribution in [1.29, 1.82) is 0 Å². The molecule has 0 radical (unpaired) electrons. The molecule has 0 aliphatic heterocycles. The third-order valence-corrected chi connectivity index (χ3v) is 5.26. The molecule has 0 N–H and O–H groups in total. The third-order valence-electron chi connectivity index (χ3n) is 1.94. The fraction of sp³-hybridized carbons (Fsp3) is 0. The first kappa shape index (κ1) is 12.3. The molecular formula is C12H7Cl3Se. The zero-order chi connectivity index (χ0) is 11.5. The van der Waals surface area contributed by atoms with Gasteiger partial charge in [-0.1, -0.05) is 0 Å². The van der Waals surface area contributed by atoms with Gasteiger partial charge < -0.3 is 0 Å². The average molecular weight is 337 g/mol. The topological polar surface area (TPSA) is 0 Å². The predicted octanol–water partition coefficient (Wildman–Crippen LogP) is 3.30. The van der Waals surface area contributed by atoms with E-state index in [1.165, 1.54) is 4.46 Å². The van der Waals surface area contributed by atoms with Gasteiger partial charge in [0.05, 0.1) is 0 Å². The van der Waals surface area contributed by atoms with Crippen LogP contribution in [0, 0.1) is 0 Å². The van der Waals surface area contributed by atoms with Crippen molar-refractivity contribution in [2.75, 3.05) is 0 Å². The van der Waals surface area contributed by atoms with Crippen LogP contribution in [0.25, 0.3) is 0 Å². The summed E-state index contributed by atoms with van der Waals surface area (Å²) in [7, 11) is 0. The fourth-order valence-electron chi connectivity index (χ4n) is 1.19. The molecule has 0 heterocycles. The van der Waals surface area contributed by atoms with Gasteiger partial charge in [0.15, 0.2) is 0 Å². The van der Waals surface area contributed by atoms with Crippen molar-refractivity contribution in [1.82, 2.24) is 0 Å².